The van der Waals surface area contributed by atoms with Crippen molar-refractivity contribution in [1.29, 1.82) is 0 Å². The third kappa shape index (κ3) is 4.02. The van der Waals surface area contributed by atoms with Crippen molar-refractivity contribution in [2.24, 2.45) is 0 Å². The van der Waals surface area contributed by atoms with E-state index in [1.54, 1.807) is 19.4 Å². The second kappa shape index (κ2) is 8.94. The van der Waals surface area contributed by atoms with Crippen molar-refractivity contribution in [3.63, 3.8) is 0 Å². The van der Waals surface area contributed by atoms with E-state index in [2.05, 4.69) is 15.4 Å². The van der Waals surface area contributed by atoms with Gasteiger partial charge < -0.3 is 13.7 Å². The molecule has 5 aromatic rings. The Morgan fingerprint density at radius 2 is 1.84 bits per heavy atom. The highest BCUT2D eigenvalue weighted by Crippen LogP contribution is 2.34. The van der Waals surface area contributed by atoms with Crippen molar-refractivity contribution in [3.8, 4) is 34.3 Å². The van der Waals surface area contributed by atoms with Crippen LogP contribution in [0.15, 0.2) is 87.1 Å². The number of furan rings is 1. The lowest BCUT2D eigenvalue weighted by Gasteiger charge is -2.12. The molecule has 0 unspecified atom stereocenters. The Hall–Kier alpha value is -3.49. The second-order valence-electron chi connectivity index (χ2n) is 6.77. The van der Waals surface area contributed by atoms with Gasteiger partial charge in [-0.1, -0.05) is 40.7 Å². The number of hydrogen-bond acceptors (Lipinski definition) is 7. The van der Waals surface area contributed by atoms with E-state index in [0.717, 1.165) is 16.9 Å². The van der Waals surface area contributed by atoms with E-state index < -0.39 is 0 Å². The molecule has 2 aromatic carbocycles. The lowest BCUT2D eigenvalue weighted by molar-refractivity contribution is 0.413. The molecular formula is C23H17ClN4O3S. The number of para-hydroxylation sites is 1. The third-order valence-corrected chi connectivity index (χ3v) is 5.95. The largest absolute Gasteiger partial charge is 0.496 e. The Balaban J connectivity index is 1.49. The van der Waals surface area contributed by atoms with Crippen molar-refractivity contribution in [3.05, 3.63) is 83.7 Å². The lowest BCUT2D eigenvalue weighted by Crippen LogP contribution is -2.01. The topological polar surface area (TPSA) is 79.1 Å². The molecule has 0 N–H and O–H groups in total. The smallest absolute Gasteiger partial charge is 0.202 e. The first-order valence-electron chi connectivity index (χ1n) is 9.70. The van der Waals surface area contributed by atoms with Crippen LogP contribution >= 0.6 is 23.4 Å². The monoisotopic (exact) mass is 464 g/mol. The molecule has 0 aliphatic carbocycles. The Bertz CT molecular complexity index is 1330. The van der Waals surface area contributed by atoms with Gasteiger partial charge in [0.15, 0.2) is 16.7 Å². The first kappa shape index (κ1) is 20.4. The van der Waals surface area contributed by atoms with Gasteiger partial charge in [-0.15, -0.1) is 10.2 Å². The standard InChI is InChI=1S/C23H17ClN4O3S/c1-29-19-6-3-2-5-18(19)22-25-26-23(28(22)17-10-8-15(24)9-11-17)32-14-16-13-21(31-27-16)20-7-4-12-30-20/h2-13H,14H2,1H3. The van der Waals surface area contributed by atoms with Crippen LogP contribution in [0.3, 0.4) is 0 Å². The molecule has 160 valence electrons. The molecule has 7 nitrogen and oxygen atoms in total. The van der Waals surface area contributed by atoms with Crippen molar-refractivity contribution in [2.45, 2.75) is 10.9 Å². The molecule has 3 heterocycles. The minimum Gasteiger partial charge on any atom is -0.496 e. The van der Waals surface area contributed by atoms with Crippen LogP contribution in [0.4, 0.5) is 0 Å². The molecule has 9 heteroatoms. The first-order valence-corrected chi connectivity index (χ1v) is 11.1. The van der Waals surface area contributed by atoms with Gasteiger partial charge in [-0.05, 0) is 48.5 Å². The van der Waals surface area contributed by atoms with Gasteiger partial charge in [0.05, 0.1) is 24.6 Å². The average Bonchev–Trinajstić information content (AvgIpc) is 3.59. The molecule has 3 aromatic heterocycles. The summed E-state index contributed by atoms with van der Waals surface area (Å²) in [6.45, 7) is 0. The molecule has 0 radical (unpaired) electrons. The Morgan fingerprint density at radius 3 is 2.62 bits per heavy atom. The fraction of sp³-hybridized carbons (Fsp3) is 0.0870. The molecule has 0 amide bonds. The summed E-state index contributed by atoms with van der Waals surface area (Å²) in [6.07, 6.45) is 1.60. The highest BCUT2D eigenvalue weighted by molar-refractivity contribution is 7.98. The summed E-state index contributed by atoms with van der Waals surface area (Å²) in [5, 5.41) is 14.4. The van der Waals surface area contributed by atoms with Gasteiger partial charge in [0.25, 0.3) is 0 Å². The summed E-state index contributed by atoms with van der Waals surface area (Å²) in [5.74, 6) is 3.15. The fourth-order valence-corrected chi connectivity index (χ4v) is 4.20. The minimum atomic E-state index is 0.544. The van der Waals surface area contributed by atoms with Crippen molar-refractivity contribution in [1.82, 2.24) is 19.9 Å². The molecule has 0 bridgehead atoms. The van der Waals surface area contributed by atoms with Crippen LogP contribution in [0.1, 0.15) is 5.69 Å². The Kier molecular flexibility index (Phi) is 5.70. The third-order valence-electron chi connectivity index (χ3n) is 4.74. The molecule has 0 saturated carbocycles. The number of nitrogens with zero attached hydrogens (tertiary/aromatic N) is 4. The first-order chi connectivity index (χ1) is 15.7. The van der Waals surface area contributed by atoms with E-state index in [1.165, 1.54) is 11.8 Å². The highest BCUT2D eigenvalue weighted by Gasteiger charge is 2.20. The van der Waals surface area contributed by atoms with Crippen molar-refractivity contribution >= 4 is 23.4 Å². The average molecular weight is 465 g/mol. The maximum atomic E-state index is 6.11. The maximum Gasteiger partial charge on any atom is 0.202 e. The summed E-state index contributed by atoms with van der Waals surface area (Å²) in [6, 6.07) is 20.7. The normalized spacial score (nSPS) is 11.1. The van der Waals surface area contributed by atoms with E-state index in [0.29, 0.717) is 39.0 Å². The molecule has 0 spiro atoms. The van der Waals surface area contributed by atoms with E-state index in [-0.39, 0.29) is 0 Å². The molecule has 0 aliphatic heterocycles. The van der Waals surface area contributed by atoms with Crippen LogP contribution < -0.4 is 4.74 Å². The number of methoxy groups -OCH3 is 1. The van der Waals surface area contributed by atoms with Crippen LogP contribution in [-0.2, 0) is 5.75 Å². The van der Waals surface area contributed by atoms with Gasteiger partial charge in [-0.2, -0.15) is 0 Å². The molecule has 32 heavy (non-hydrogen) atoms. The molecule has 5 rings (SSSR count). The quantitative estimate of drug-likeness (QED) is 0.268. The van der Waals surface area contributed by atoms with Crippen LogP contribution in [0.2, 0.25) is 5.02 Å². The maximum absolute atomic E-state index is 6.11. The molecule has 0 saturated heterocycles. The van der Waals surface area contributed by atoms with Crippen molar-refractivity contribution < 1.29 is 13.7 Å². The zero-order valence-electron chi connectivity index (χ0n) is 16.9. The number of ether oxygens (including phenoxy) is 1. The zero-order chi connectivity index (χ0) is 21.9. The summed E-state index contributed by atoms with van der Waals surface area (Å²) >= 11 is 7.61. The molecular weight excluding hydrogens is 448 g/mol. The van der Waals surface area contributed by atoms with E-state index in [9.17, 15) is 0 Å². The van der Waals surface area contributed by atoms with Gasteiger partial charge in [-0.25, -0.2) is 0 Å². The Labute approximate surface area is 193 Å². The van der Waals surface area contributed by atoms with Gasteiger partial charge in [0.1, 0.15) is 5.75 Å². The summed E-state index contributed by atoms with van der Waals surface area (Å²) in [5.41, 5.74) is 2.50. The van der Waals surface area contributed by atoms with Crippen LogP contribution in [-0.4, -0.2) is 27.0 Å². The number of benzene rings is 2. The van der Waals surface area contributed by atoms with Crippen LogP contribution in [0.5, 0.6) is 5.75 Å². The molecule has 0 atom stereocenters. The predicted octanol–water partition coefficient (Wildman–Crippen LogP) is 6.14. The van der Waals surface area contributed by atoms with Gasteiger partial charge in [-0.3, -0.25) is 4.57 Å². The van der Waals surface area contributed by atoms with Gasteiger partial charge in [0, 0.05) is 22.5 Å². The minimum absolute atomic E-state index is 0.544. The highest BCUT2D eigenvalue weighted by atomic mass is 35.5. The number of thioether (sulfide) groups is 1. The second-order valence-corrected chi connectivity index (χ2v) is 8.15. The Morgan fingerprint density at radius 1 is 1.00 bits per heavy atom. The number of aromatic nitrogens is 4. The summed E-state index contributed by atoms with van der Waals surface area (Å²) in [4.78, 5) is 0. The summed E-state index contributed by atoms with van der Waals surface area (Å²) in [7, 11) is 1.64. The summed E-state index contributed by atoms with van der Waals surface area (Å²) < 4.78 is 18.3. The fourth-order valence-electron chi connectivity index (χ4n) is 3.24. The van der Waals surface area contributed by atoms with Gasteiger partial charge in [0.2, 0.25) is 5.76 Å². The molecule has 0 fully saturated rings. The van der Waals surface area contributed by atoms with E-state index in [4.69, 9.17) is 25.3 Å². The molecule has 0 aliphatic rings. The van der Waals surface area contributed by atoms with Crippen LogP contribution in [0.25, 0.3) is 28.6 Å². The zero-order valence-corrected chi connectivity index (χ0v) is 18.5. The number of halogens is 1. The van der Waals surface area contributed by atoms with Gasteiger partial charge >= 0.3 is 0 Å². The number of rotatable bonds is 7. The van der Waals surface area contributed by atoms with Crippen LogP contribution in [0, 0.1) is 0 Å². The SMILES string of the molecule is COc1ccccc1-c1nnc(SCc2cc(-c3ccco3)on2)n1-c1ccc(Cl)cc1. The van der Waals surface area contributed by atoms with Crippen molar-refractivity contribution in [2.75, 3.05) is 7.11 Å². The lowest BCUT2D eigenvalue weighted by atomic mass is 10.2. The van der Waals surface area contributed by atoms with E-state index >= 15 is 0 Å². The van der Waals surface area contributed by atoms with E-state index in [1.807, 2.05) is 65.2 Å². The predicted molar refractivity (Wildman–Crippen MR) is 122 cm³/mol. The number of hydrogen-bond donors (Lipinski definition) is 0.